The van der Waals surface area contributed by atoms with Crippen LogP contribution in [0.15, 0.2) is 47.6 Å². The number of nitrogens with zero attached hydrogens (tertiary/aromatic N) is 3. The second-order valence-corrected chi connectivity index (χ2v) is 9.38. The normalized spacial score (nSPS) is 15.7. The average Bonchev–Trinajstić information content (AvgIpc) is 2.75. The van der Waals surface area contributed by atoms with Crippen molar-refractivity contribution < 1.29 is 17.9 Å². The summed E-state index contributed by atoms with van der Waals surface area (Å²) in [6.45, 7) is 3.71. The van der Waals surface area contributed by atoms with Crippen molar-refractivity contribution in [3.8, 4) is 11.5 Å². The van der Waals surface area contributed by atoms with Crippen LogP contribution < -0.4 is 14.2 Å². The molecule has 1 saturated heterocycles. The van der Waals surface area contributed by atoms with E-state index in [-0.39, 0.29) is 16.8 Å². The van der Waals surface area contributed by atoms with Crippen molar-refractivity contribution >= 4 is 26.7 Å². The summed E-state index contributed by atoms with van der Waals surface area (Å²) in [5.41, 5.74) is 1.22. The molecule has 0 unspecified atom stereocenters. The van der Waals surface area contributed by atoms with Gasteiger partial charge in [-0.3, -0.25) is 4.72 Å². The standard InChI is InChI=1S/C22H26N4O4S/c1-15-6-4-5-7-21(15)31(27,28)25-22-17-12-19(29-3)20(13-18(17)23-14-24-22)30-16-8-10-26(2)11-9-16/h4-7,12-14,16H,8-11H2,1-3H3,(H,23,24,25). The summed E-state index contributed by atoms with van der Waals surface area (Å²) < 4.78 is 40.2. The summed E-state index contributed by atoms with van der Waals surface area (Å²) in [4.78, 5) is 11.0. The Labute approximate surface area is 182 Å². The number of ether oxygens (including phenoxy) is 2. The number of likely N-dealkylation sites (tertiary alicyclic amines) is 1. The number of anilines is 1. The van der Waals surface area contributed by atoms with E-state index in [0.717, 1.165) is 25.9 Å². The minimum Gasteiger partial charge on any atom is -0.493 e. The van der Waals surface area contributed by atoms with E-state index in [2.05, 4.69) is 26.6 Å². The van der Waals surface area contributed by atoms with E-state index in [4.69, 9.17) is 9.47 Å². The molecular weight excluding hydrogens is 416 g/mol. The second kappa shape index (κ2) is 8.68. The van der Waals surface area contributed by atoms with E-state index in [0.29, 0.717) is 28.0 Å². The fourth-order valence-electron chi connectivity index (χ4n) is 3.72. The third-order valence-corrected chi connectivity index (χ3v) is 6.99. The molecule has 9 heteroatoms. The average molecular weight is 443 g/mol. The predicted molar refractivity (Wildman–Crippen MR) is 119 cm³/mol. The van der Waals surface area contributed by atoms with Gasteiger partial charge in [0.25, 0.3) is 10.0 Å². The first kappa shape index (κ1) is 21.3. The van der Waals surface area contributed by atoms with Crippen molar-refractivity contribution in [2.45, 2.75) is 30.8 Å². The van der Waals surface area contributed by atoms with E-state index in [1.807, 2.05) is 0 Å². The van der Waals surface area contributed by atoms with E-state index in [1.165, 1.54) is 6.33 Å². The van der Waals surface area contributed by atoms with E-state index in [9.17, 15) is 8.42 Å². The molecule has 8 nitrogen and oxygen atoms in total. The lowest BCUT2D eigenvalue weighted by Crippen LogP contribution is -2.35. The zero-order valence-electron chi connectivity index (χ0n) is 17.8. The Balaban J connectivity index is 1.67. The Bertz CT molecular complexity index is 1190. The van der Waals surface area contributed by atoms with Gasteiger partial charge in [0.15, 0.2) is 17.3 Å². The van der Waals surface area contributed by atoms with Crippen LogP contribution in [-0.4, -0.2) is 56.6 Å². The maximum absolute atomic E-state index is 12.9. The Kier molecular flexibility index (Phi) is 5.97. The first-order valence-electron chi connectivity index (χ1n) is 10.1. The number of sulfonamides is 1. The molecule has 1 aliphatic rings. The number of hydrogen-bond acceptors (Lipinski definition) is 7. The summed E-state index contributed by atoms with van der Waals surface area (Å²) in [5.74, 6) is 1.30. The molecular formula is C22H26N4O4S. The Hall–Kier alpha value is -2.91. The molecule has 0 amide bonds. The van der Waals surface area contributed by atoms with Crippen LogP contribution in [-0.2, 0) is 10.0 Å². The van der Waals surface area contributed by atoms with E-state index >= 15 is 0 Å². The molecule has 0 atom stereocenters. The van der Waals surface area contributed by atoms with Gasteiger partial charge in [0.1, 0.15) is 12.4 Å². The fraction of sp³-hybridized carbons (Fsp3) is 0.364. The molecule has 31 heavy (non-hydrogen) atoms. The minimum atomic E-state index is -3.81. The number of piperidine rings is 1. The first-order valence-corrected chi connectivity index (χ1v) is 11.6. The number of rotatable bonds is 6. The fourth-order valence-corrected chi connectivity index (χ4v) is 5.00. The molecule has 4 rings (SSSR count). The molecule has 3 aromatic rings. The molecule has 0 spiro atoms. The van der Waals surface area contributed by atoms with Crippen molar-refractivity contribution in [1.29, 1.82) is 0 Å². The Morgan fingerprint density at radius 2 is 1.84 bits per heavy atom. The largest absolute Gasteiger partial charge is 0.493 e. The molecule has 0 bridgehead atoms. The van der Waals surface area contributed by atoms with Crippen molar-refractivity contribution in [2.75, 3.05) is 32.0 Å². The van der Waals surface area contributed by atoms with Crippen molar-refractivity contribution in [3.05, 3.63) is 48.3 Å². The minimum absolute atomic E-state index is 0.100. The number of methoxy groups -OCH3 is 1. The number of aromatic nitrogens is 2. The molecule has 2 aromatic carbocycles. The highest BCUT2D eigenvalue weighted by molar-refractivity contribution is 7.92. The highest BCUT2D eigenvalue weighted by Gasteiger charge is 2.22. The van der Waals surface area contributed by atoms with Gasteiger partial charge in [-0.25, -0.2) is 18.4 Å². The molecule has 1 fully saturated rings. The summed E-state index contributed by atoms with van der Waals surface area (Å²) in [6.07, 6.45) is 3.30. The van der Waals surface area contributed by atoms with Crippen LogP contribution in [0.5, 0.6) is 11.5 Å². The quantitative estimate of drug-likeness (QED) is 0.626. The van der Waals surface area contributed by atoms with Crippen LogP contribution in [0.3, 0.4) is 0 Å². The van der Waals surface area contributed by atoms with Crippen LogP contribution >= 0.6 is 0 Å². The van der Waals surface area contributed by atoms with Gasteiger partial charge in [-0.1, -0.05) is 18.2 Å². The highest BCUT2D eigenvalue weighted by atomic mass is 32.2. The lowest BCUT2D eigenvalue weighted by Gasteiger charge is -2.29. The highest BCUT2D eigenvalue weighted by Crippen LogP contribution is 2.36. The molecule has 1 aromatic heterocycles. The first-order chi connectivity index (χ1) is 14.9. The molecule has 1 N–H and O–H groups in total. The van der Waals surface area contributed by atoms with Crippen LogP contribution in [0.4, 0.5) is 5.82 Å². The number of fused-ring (bicyclic) bond motifs is 1. The van der Waals surface area contributed by atoms with Crippen LogP contribution in [0.25, 0.3) is 10.9 Å². The van der Waals surface area contributed by atoms with Crippen LogP contribution in [0.1, 0.15) is 18.4 Å². The van der Waals surface area contributed by atoms with Gasteiger partial charge < -0.3 is 14.4 Å². The molecule has 164 valence electrons. The van der Waals surface area contributed by atoms with Crippen LogP contribution in [0.2, 0.25) is 0 Å². The number of hydrogen-bond donors (Lipinski definition) is 1. The summed E-state index contributed by atoms with van der Waals surface area (Å²) in [5, 5.41) is 0.534. The maximum Gasteiger partial charge on any atom is 0.263 e. The van der Waals surface area contributed by atoms with Gasteiger partial charge in [-0.15, -0.1) is 0 Å². The van der Waals surface area contributed by atoms with Crippen LogP contribution in [0, 0.1) is 6.92 Å². The Morgan fingerprint density at radius 3 is 2.55 bits per heavy atom. The summed E-state index contributed by atoms with van der Waals surface area (Å²) in [6, 6.07) is 10.3. The van der Waals surface area contributed by atoms with Crippen molar-refractivity contribution in [2.24, 2.45) is 0 Å². The van der Waals surface area contributed by atoms with Gasteiger partial charge in [-0.05, 0) is 44.5 Å². The van der Waals surface area contributed by atoms with Gasteiger partial charge in [0.05, 0.1) is 17.5 Å². The second-order valence-electron chi connectivity index (χ2n) is 7.73. The lowest BCUT2D eigenvalue weighted by atomic mass is 10.1. The smallest absolute Gasteiger partial charge is 0.263 e. The SMILES string of the molecule is COc1cc2c(NS(=O)(=O)c3ccccc3C)ncnc2cc1OC1CCN(C)CC1. The van der Waals surface area contributed by atoms with E-state index < -0.39 is 10.0 Å². The number of nitrogens with one attached hydrogen (secondary N) is 1. The third-order valence-electron chi connectivity index (χ3n) is 5.49. The predicted octanol–water partition coefficient (Wildman–Crippen LogP) is 3.22. The van der Waals surface area contributed by atoms with E-state index in [1.54, 1.807) is 50.4 Å². The zero-order valence-corrected chi connectivity index (χ0v) is 18.6. The van der Waals surface area contributed by atoms with Gasteiger partial charge in [-0.2, -0.15) is 0 Å². The monoisotopic (exact) mass is 442 g/mol. The van der Waals surface area contributed by atoms with Crippen molar-refractivity contribution in [3.63, 3.8) is 0 Å². The molecule has 0 aliphatic carbocycles. The molecule has 0 saturated carbocycles. The van der Waals surface area contributed by atoms with Gasteiger partial charge >= 0.3 is 0 Å². The number of aryl methyl sites for hydroxylation is 1. The zero-order chi connectivity index (χ0) is 22.0. The van der Waals surface area contributed by atoms with Crippen molar-refractivity contribution in [1.82, 2.24) is 14.9 Å². The Morgan fingerprint density at radius 1 is 1.10 bits per heavy atom. The summed E-state index contributed by atoms with van der Waals surface area (Å²) >= 11 is 0. The van der Waals surface area contributed by atoms with Gasteiger partial charge in [0.2, 0.25) is 0 Å². The van der Waals surface area contributed by atoms with Gasteiger partial charge in [0, 0.05) is 24.5 Å². The summed E-state index contributed by atoms with van der Waals surface area (Å²) in [7, 11) is -0.150. The lowest BCUT2D eigenvalue weighted by molar-refractivity contribution is 0.111. The maximum atomic E-state index is 12.9. The molecule has 2 heterocycles. The molecule has 1 aliphatic heterocycles. The number of benzene rings is 2. The topological polar surface area (TPSA) is 93.6 Å². The molecule has 0 radical (unpaired) electrons. The third kappa shape index (κ3) is 4.57.